The molecule has 5 heterocycles. The van der Waals surface area contributed by atoms with Gasteiger partial charge in [0.05, 0.1) is 35.2 Å². The predicted molar refractivity (Wildman–Crippen MR) is 176 cm³/mol. The van der Waals surface area contributed by atoms with Crippen molar-refractivity contribution in [2.75, 3.05) is 31.6 Å². The van der Waals surface area contributed by atoms with Gasteiger partial charge in [0.25, 0.3) is 11.5 Å². The van der Waals surface area contributed by atoms with Crippen LogP contribution in [0.4, 0.5) is 18.9 Å². The third-order valence-electron chi connectivity index (χ3n) is 10.8. The lowest BCUT2D eigenvalue weighted by molar-refractivity contribution is -0.137. The van der Waals surface area contributed by atoms with E-state index in [1.807, 2.05) is 13.0 Å². The highest BCUT2D eigenvalue weighted by Gasteiger charge is 2.66. The number of carbonyl (C=O) groups is 2. The number of aryl methyl sites for hydroxylation is 1. The molecule has 2 amide bonds. The second kappa shape index (κ2) is 11.9. The van der Waals surface area contributed by atoms with Crippen molar-refractivity contribution in [3.63, 3.8) is 0 Å². The molecule has 51 heavy (non-hydrogen) atoms. The molecule has 1 aromatic carbocycles. The van der Waals surface area contributed by atoms with E-state index in [0.29, 0.717) is 61.9 Å². The summed E-state index contributed by atoms with van der Waals surface area (Å²) >= 11 is 6.16. The van der Waals surface area contributed by atoms with Crippen LogP contribution in [0.2, 0.25) is 5.02 Å². The van der Waals surface area contributed by atoms with Gasteiger partial charge < -0.3 is 24.6 Å². The van der Waals surface area contributed by atoms with E-state index in [0.717, 1.165) is 30.2 Å². The molecule has 0 radical (unpaired) electrons. The van der Waals surface area contributed by atoms with Crippen molar-refractivity contribution in [3.05, 3.63) is 80.0 Å². The summed E-state index contributed by atoms with van der Waals surface area (Å²) in [5, 5.41) is 17.5. The van der Waals surface area contributed by atoms with Gasteiger partial charge in [-0.15, -0.1) is 5.10 Å². The lowest BCUT2D eigenvalue weighted by Crippen LogP contribution is -2.53. The van der Waals surface area contributed by atoms with Crippen molar-refractivity contribution < 1.29 is 32.6 Å². The molecule has 1 spiro atoms. The standard InChI is InChI=1S/C34H32ClF3N8O5/c1-16-13-44(31(50)26-28(48)17(2)39-15-40-26)8-7-33(16)21-12-20(21)27-25(33)30(49)46-32(42-29(43-46)18-5-9-51-10-6-18)45(27)14-24(47)41-23-4-3-19(11-22(23)35)34(36,37)38/h3-5,11,15-16,20-21,48H,6-10,12-14H2,1-2H3,(H,41,47). The quantitative estimate of drug-likeness (QED) is 0.306. The molecule has 4 atom stereocenters. The van der Waals surface area contributed by atoms with Gasteiger partial charge in [-0.25, -0.2) is 9.97 Å². The van der Waals surface area contributed by atoms with Crippen LogP contribution >= 0.6 is 11.6 Å². The molecule has 17 heteroatoms. The number of halogens is 4. The largest absolute Gasteiger partial charge is 0.504 e. The Kier molecular flexibility index (Phi) is 7.75. The average Bonchev–Trinajstić information content (AvgIpc) is 3.67. The van der Waals surface area contributed by atoms with E-state index >= 15 is 0 Å². The second-order valence-corrected chi connectivity index (χ2v) is 14.0. The van der Waals surface area contributed by atoms with Crippen molar-refractivity contribution in [1.82, 2.24) is 34.0 Å². The summed E-state index contributed by atoms with van der Waals surface area (Å²) in [6.45, 7) is 4.70. The van der Waals surface area contributed by atoms with Crippen LogP contribution in [0, 0.1) is 18.8 Å². The maximum atomic E-state index is 14.6. The smallest absolute Gasteiger partial charge is 0.416 e. The number of amides is 2. The Labute approximate surface area is 293 Å². The fourth-order valence-electron chi connectivity index (χ4n) is 8.33. The first-order valence-corrected chi connectivity index (χ1v) is 16.9. The van der Waals surface area contributed by atoms with Gasteiger partial charge in [-0.1, -0.05) is 24.6 Å². The topological polar surface area (TPSA) is 157 Å². The first-order valence-electron chi connectivity index (χ1n) is 16.6. The Morgan fingerprint density at radius 3 is 2.75 bits per heavy atom. The Balaban J connectivity index is 1.19. The molecule has 4 aromatic rings. The van der Waals surface area contributed by atoms with Crippen molar-refractivity contribution in [3.8, 4) is 5.75 Å². The van der Waals surface area contributed by atoms with Crippen molar-refractivity contribution >= 4 is 40.5 Å². The molecule has 266 valence electrons. The van der Waals surface area contributed by atoms with Gasteiger partial charge in [0.15, 0.2) is 17.3 Å². The Morgan fingerprint density at radius 2 is 2.04 bits per heavy atom. The van der Waals surface area contributed by atoms with Crippen LogP contribution in [-0.4, -0.2) is 77.3 Å². The summed E-state index contributed by atoms with van der Waals surface area (Å²) in [5.74, 6) is -0.941. The highest BCUT2D eigenvalue weighted by molar-refractivity contribution is 6.33. The van der Waals surface area contributed by atoms with Crippen LogP contribution in [0.3, 0.4) is 0 Å². The van der Waals surface area contributed by atoms with Gasteiger partial charge >= 0.3 is 6.18 Å². The molecular weight excluding hydrogens is 693 g/mol. The number of anilines is 1. The minimum atomic E-state index is -4.60. The zero-order valence-electron chi connectivity index (χ0n) is 27.5. The Hall–Kier alpha value is -4.83. The first kappa shape index (κ1) is 33.3. The lowest BCUT2D eigenvalue weighted by Gasteiger charge is -2.46. The zero-order valence-corrected chi connectivity index (χ0v) is 28.3. The molecule has 8 rings (SSSR count). The molecular formula is C34H32ClF3N8O5. The third kappa shape index (κ3) is 5.29. The SMILES string of the molecule is Cc1ncnc(C(=O)N2CCC3(c4c(n(CC(=O)Nc5ccc(C(F)(F)F)cc5Cl)c5nc(C6=CCOCC6)nn5c4=O)C4CC43)C(C)C2)c1O. The number of carbonyl (C=O) groups excluding carboxylic acids is 2. The van der Waals surface area contributed by atoms with Crippen LogP contribution in [-0.2, 0) is 27.7 Å². The van der Waals surface area contributed by atoms with Gasteiger partial charge in [-0.3, -0.25) is 14.4 Å². The number of rotatable bonds is 5. The first-order chi connectivity index (χ1) is 24.3. The number of ether oxygens (including phenoxy) is 1. The van der Waals surface area contributed by atoms with Gasteiger partial charge in [0, 0.05) is 35.7 Å². The number of likely N-dealkylation sites (tertiary alicyclic amines) is 1. The summed E-state index contributed by atoms with van der Waals surface area (Å²) in [7, 11) is 0. The predicted octanol–water partition coefficient (Wildman–Crippen LogP) is 4.35. The fourth-order valence-corrected chi connectivity index (χ4v) is 8.55. The highest BCUT2D eigenvalue weighted by Crippen LogP contribution is 2.69. The maximum Gasteiger partial charge on any atom is 0.416 e. The lowest BCUT2D eigenvalue weighted by atomic mass is 9.65. The summed E-state index contributed by atoms with van der Waals surface area (Å²) in [6, 6.07) is 2.70. The monoisotopic (exact) mass is 724 g/mol. The van der Waals surface area contributed by atoms with Gasteiger partial charge in [0.2, 0.25) is 11.7 Å². The van der Waals surface area contributed by atoms with E-state index in [1.54, 1.807) is 16.4 Å². The van der Waals surface area contributed by atoms with E-state index in [2.05, 4.69) is 20.4 Å². The fraction of sp³-hybridized carbons (Fsp3) is 0.441. The summed E-state index contributed by atoms with van der Waals surface area (Å²) in [6.07, 6.45) is 0.240. The second-order valence-electron chi connectivity index (χ2n) is 13.6. The summed E-state index contributed by atoms with van der Waals surface area (Å²) in [4.78, 5) is 56.1. The summed E-state index contributed by atoms with van der Waals surface area (Å²) in [5.41, 5.74) is 0.326. The highest BCUT2D eigenvalue weighted by atomic mass is 35.5. The minimum absolute atomic E-state index is 0.00856. The molecule has 1 saturated carbocycles. The van der Waals surface area contributed by atoms with Gasteiger partial charge in [-0.2, -0.15) is 22.7 Å². The van der Waals surface area contributed by atoms with Gasteiger partial charge in [-0.05, 0) is 61.8 Å². The molecule has 4 unspecified atom stereocenters. The molecule has 2 N–H and O–H groups in total. The average molecular weight is 725 g/mol. The number of fused-ring (bicyclic) bond motifs is 6. The van der Waals surface area contributed by atoms with Crippen LogP contribution < -0.4 is 10.9 Å². The number of hydrogen-bond acceptors (Lipinski definition) is 9. The zero-order chi connectivity index (χ0) is 36.0. The van der Waals surface area contributed by atoms with Crippen molar-refractivity contribution in [2.24, 2.45) is 11.8 Å². The molecule has 1 saturated heterocycles. The number of benzene rings is 1. The molecule has 4 aliphatic rings. The molecule has 2 aliphatic heterocycles. The molecule has 2 fully saturated rings. The van der Waals surface area contributed by atoms with Gasteiger partial charge in [0.1, 0.15) is 12.9 Å². The van der Waals surface area contributed by atoms with E-state index in [9.17, 15) is 32.7 Å². The number of nitrogens with zero attached hydrogens (tertiary/aromatic N) is 7. The number of hydrogen-bond donors (Lipinski definition) is 2. The number of aromatic nitrogens is 6. The number of piperidine rings is 1. The van der Waals surface area contributed by atoms with Crippen LogP contribution in [0.1, 0.15) is 70.9 Å². The normalized spacial score (nSPS) is 24.0. The van der Waals surface area contributed by atoms with Crippen molar-refractivity contribution in [1.29, 1.82) is 0 Å². The van der Waals surface area contributed by atoms with Crippen molar-refractivity contribution in [2.45, 2.75) is 57.2 Å². The van der Waals surface area contributed by atoms with E-state index in [1.165, 1.54) is 10.8 Å². The van der Waals surface area contributed by atoms with Crippen LogP contribution in [0.15, 0.2) is 35.4 Å². The Bertz CT molecular complexity index is 2240. The number of nitrogens with one attached hydrogen (secondary N) is 1. The molecule has 13 nitrogen and oxygen atoms in total. The van der Waals surface area contributed by atoms with Crippen LogP contribution in [0.5, 0.6) is 5.75 Å². The molecule has 0 bridgehead atoms. The summed E-state index contributed by atoms with van der Waals surface area (Å²) < 4.78 is 48.1. The Morgan fingerprint density at radius 1 is 1.24 bits per heavy atom. The van der Waals surface area contributed by atoms with E-state index < -0.39 is 29.0 Å². The number of aromatic hydroxyl groups is 1. The molecule has 2 aliphatic carbocycles. The van der Waals surface area contributed by atoms with Crippen LogP contribution in [0.25, 0.3) is 11.4 Å². The number of alkyl halides is 3. The molecule has 3 aromatic heterocycles. The minimum Gasteiger partial charge on any atom is -0.504 e. The third-order valence-corrected chi connectivity index (χ3v) is 11.2. The maximum absolute atomic E-state index is 14.6. The van der Waals surface area contributed by atoms with E-state index in [-0.39, 0.29) is 57.8 Å². The van der Waals surface area contributed by atoms with E-state index in [4.69, 9.17) is 21.3 Å².